The molecule has 4 aromatic rings. The molecule has 0 bridgehead atoms. The Kier molecular flexibility index (Phi) is 8.90. The Hall–Kier alpha value is -2.11. The van der Waals surface area contributed by atoms with Crippen molar-refractivity contribution in [2.75, 3.05) is 0 Å². The molecule has 0 aliphatic rings. The molecule has 0 radical (unpaired) electrons. The second kappa shape index (κ2) is 11.0. The number of benzene rings is 4. The van der Waals surface area contributed by atoms with Gasteiger partial charge in [0.15, 0.2) is 0 Å². The summed E-state index contributed by atoms with van der Waals surface area (Å²) in [6.07, 6.45) is 0. The molecule has 162 valence electrons. The SMILES string of the molecule is Cc1ccc([PH](c2ccccc2)(c2ccccc2)c2ccccc2)c(C(C)C)c1.Cl.Cl. The van der Waals surface area contributed by atoms with Gasteiger partial charge < -0.3 is 0 Å². The van der Waals surface area contributed by atoms with Gasteiger partial charge in [0, 0.05) is 0 Å². The van der Waals surface area contributed by atoms with E-state index in [4.69, 9.17) is 0 Å². The predicted molar refractivity (Wildman–Crippen MR) is 146 cm³/mol. The summed E-state index contributed by atoms with van der Waals surface area (Å²) in [5, 5.41) is 5.80. The molecule has 0 aliphatic heterocycles. The van der Waals surface area contributed by atoms with Crippen LogP contribution in [0.25, 0.3) is 0 Å². The molecular weight excluding hydrogens is 438 g/mol. The summed E-state index contributed by atoms with van der Waals surface area (Å²) >= 11 is 0. The Labute approximate surface area is 199 Å². The van der Waals surface area contributed by atoms with Crippen molar-refractivity contribution < 1.29 is 0 Å². The molecule has 31 heavy (non-hydrogen) atoms. The van der Waals surface area contributed by atoms with Gasteiger partial charge in [-0.05, 0) is 0 Å². The maximum Gasteiger partial charge on any atom is -0.147 e. The molecule has 0 heterocycles. The standard InChI is InChI=1S/C28H29P.2ClH/c1-22(2)27-21-23(3)19-20-28(27)29(24-13-7-4-8-14-24,25-15-9-5-10-16-25)26-17-11-6-12-18-26;;/h4-22,29H,1-3H3;2*1H. The second-order valence-electron chi connectivity index (χ2n) is 8.09. The van der Waals surface area contributed by atoms with Gasteiger partial charge in [0.2, 0.25) is 0 Å². The van der Waals surface area contributed by atoms with Crippen LogP contribution in [-0.2, 0) is 0 Å². The first-order chi connectivity index (χ1) is 14.1. The van der Waals surface area contributed by atoms with E-state index in [1.807, 2.05) is 0 Å². The van der Waals surface area contributed by atoms with Crippen LogP contribution in [0.2, 0.25) is 0 Å². The van der Waals surface area contributed by atoms with Crippen LogP contribution in [0, 0.1) is 6.92 Å². The van der Waals surface area contributed by atoms with E-state index in [-0.39, 0.29) is 24.8 Å². The molecule has 0 atom stereocenters. The third-order valence-corrected chi connectivity index (χ3v) is 10.7. The summed E-state index contributed by atoms with van der Waals surface area (Å²) in [6, 6.07) is 40.6. The summed E-state index contributed by atoms with van der Waals surface area (Å²) < 4.78 is 0. The molecule has 0 aliphatic carbocycles. The summed E-state index contributed by atoms with van der Waals surface area (Å²) in [5.41, 5.74) is 2.79. The number of aryl methyl sites for hydroxylation is 1. The van der Waals surface area contributed by atoms with Gasteiger partial charge in [-0.3, -0.25) is 0 Å². The van der Waals surface area contributed by atoms with Crippen LogP contribution >= 0.6 is 32.1 Å². The van der Waals surface area contributed by atoms with Gasteiger partial charge >= 0.3 is 175 Å². The van der Waals surface area contributed by atoms with Crippen molar-refractivity contribution in [3.8, 4) is 0 Å². The Morgan fingerprint density at radius 2 is 0.935 bits per heavy atom. The number of rotatable bonds is 5. The van der Waals surface area contributed by atoms with E-state index < -0.39 is 7.26 Å². The van der Waals surface area contributed by atoms with E-state index in [0.29, 0.717) is 5.92 Å². The molecule has 0 aromatic heterocycles. The van der Waals surface area contributed by atoms with E-state index in [1.54, 1.807) is 0 Å². The van der Waals surface area contributed by atoms with Crippen molar-refractivity contribution in [2.45, 2.75) is 26.7 Å². The van der Waals surface area contributed by atoms with E-state index in [2.05, 4.69) is 130 Å². The molecular formula is C28H31Cl2P. The van der Waals surface area contributed by atoms with E-state index in [1.165, 1.54) is 32.3 Å². The minimum Gasteiger partial charge on any atom is -0.147 e. The maximum absolute atomic E-state index is 2.43. The Morgan fingerprint density at radius 1 is 0.548 bits per heavy atom. The molecule has 0 fully saturated rings. The van der Waals surface area contributed by atoms with Gasteiger partial charge in [0.05, 0.1) is 0 Å². The smallest absolute Gasteiger partial charge is 0.147 e. The first kappa shape index (κ1) is 25.2. The van der Waals surface area contributed by atoms with Crippen molar-refractivity contribution in [3.05, 3.63) is 120 Å². The predicted octanol–water partition coefficient (Wildman–Crippen LogP) is 6.31. The molecule has 0 spiro atoms. The average Bonchev–Trinajstić information content (AvgIpc) is 2.77. The molecule has 3 heteroatoms. The third kappa shape index (κ3) is 4.73. The monoisotopic (exact) mass is 468 g/mol. The molecule has 0 nitrogen and oxygen atoms in total. The van der Waals surface area contributed by atoms with Gasteiger partial charge in [0.25, 0.3) is 0 Å². The molecule has 0 amide bonds. The van der Waals surface area contributed by atoms with Crippen LogP contribution < -0.4 is 21.2 Å². The third-order valence-electron chi connectivity index (χ3n) is 5.85. The molecule has 0 unspecified atom stereocenters. The fourth-order valence-electron chi connectivity index (χ4n) is 4.53. The van der Waals surface area contributed by atoms with Crippen LogP contribution in [0.15, 0.2) is 109 Å². The first-order valence-corrected chi connectivity index (χ1v) is 12.4. The summed E-state index contributed by atoms with van der Waals surface area (Å²) in [6.45, 7) is 6.84. The topological polar surface area (TPSA) is 0 Å². The fourth-order valence-corrected chi connectivity index (χ4v) is 9.67. The van der Waals surface area contributed by atoms with Crippen molar-refractivity contribution in [1.82, 2.24) is 0 Å². The zero-order chi connectivity index (χ0) is 20.3. The molecule has 0 saturated carbocycles. The van der Waals surface area contributed by atoms with Crippen LogP contribution in [0.3, 0.4) is 0 Å². The van der Waals surface area contributed by atoms with E-state index >= 15 is 0 Å². The number of halogens is 2. The first-order valence-electron chi connectivity index (χ1n) is 10.4. The minimum absolute atomic E-state index is 0. The summed E-state index contributed by atoms with van der Waals surface area (Å²) in [4.78, 5) is 0. The average molecular weight is 469 g/mol. The summed E-state index contributed by atoms with van der Waals surface area (Å²) in [5.74, 6) is 0.466. The van der Waals surface area contributed by atoms with Gasteiger partial charge in [-0.1, -0.05) is 0 Å². The molecule has 4 rings (SSSR count). The van der Waals surface area contributed by atoms with Crippen molar-refractivity contribution >= 4 is 53.3 Å². The second-order valence-corrected chi connectivity index (χ2v) is 11.9. The van der Waals surface area contributed by atoms with Crippen molar-refractivity contribution in [3.63, 3.8) is 0 Å². The van der Waals surface area contributed by atoms with Gasteiger partial charge in [-0.2, -0.15) is 0 Å². The minimum atomic E-state index is -2.43. The van der Waals surface area contributed by atoms with Crippen LogP contribution in [0.1, 0.15) is 30.9 Å². The van der Waals surface area contributed by atoms with E-state index in [0.717, 1.165) is 0 Å². The van der Waals surface area contributed by atoms with E-state index in [9.17, 15) is 0 Å². The summed E-state index contributed by atoms with van der Waals surface area (Å²) in [7, 11) is -2.43. The van der Waals surface area contributed by atoms with Gasteiger partial charge in [0.1, 0.15) is 0 Å². The zero-order valence-corrected chi connectivity index (χ0v) is 20.9. The van der Waals surface area contributed by atoms with Gasteiger partial charge in [-0.15, -0.1) is 24.8 Å². The van der Waals surface area contributed by atoms with Crippen LogP contribution in [0.5, 0.6) is 0 Å². The number of hydrogen-bond donors (Lipinski definition) is 0. The Balaban J connectivity index is 0.00000171. The fraction of sp³-hybridized carbons (Fsp3) is 0.143. The quantitative estimate of drug-likeness (QED) is 0.301. The normalized spacial score (nSPS) is 11.4. The Bertz CT molecular complexity index is 981. The Morgan fingerprint density at radius 3 is 1.29 bits per heavy atom. The van der Waals surface area contributed by atoms with Crippen molar-refractivity contribution in [2.24, 2.45) is 0 Å². The maximum atomic E-state index is 2.41. The van der Waals surface area contributed by atoms with Crippen LogP contribution in [-0.4, -0.2) is 0 Å². The molecule has 0 N–H and O–H groups in total. The molecule has 0 saturated heterocycles. The van der Waals surface area contributed by atoms with Crippen LogP contribution in [0.4, 0.5) is 0 Å². The number of hydrogen-bond acceptors (Lipinski definition) is 0. The van der Waals surface area contributed by atoms with Gasteiger partial charge in [-0.25, -0.2) is 0 Å². The molecule has 4 aromatic carbocycles. The largest absolute Gasteiger partial charge is 0.147 e. The zero-order valence-electron chi connectivity index (χ0n) is 18.3. The van der Waals surface area contributed by atoms with Crippen molar-refractivity contribution in [1.29, 1.82) is 0 Å².